The third kappa shape index (κ3) is 7.45. The van der Waals surface area contributed by atoms with Crippen LogP contribution in [0.25, 0.3) is 0 Å². The van der Waals surface area contributed by atoms with E-state index in [0.717, 1.165) is 0 Å². The van der Waals surface area contributed by atoms with Crippen molar-refractivity contribution >= 4 is 17.8 Å². The number of likely N-dealkylation sites (tertiary alicyclic amines) is 1. The van der Waals surface area contributed by atoms with Crippen LogP contribution in [0.3, 0.4) is 0 Å². The van der Waals surface area contributed by atoms with Gasteiger partial charge < -0.3 is 24.8 Å². The summed E-state index contributed by atoms with van der Waals surface area (Å²) < 4.78 is 42.4. The van der Waals surface area contributed by atoms with Gasteiger partial charge in [0.25, 0.3) is 5.91 Å². The molecule has 32 heavy (non-hydrogen) atoms. The Bertz CT molecular complexity index is 778. The number of ether oxygens (including phenoxy) is 2. The number of methoxy groups -OCH3 is 1. The molecule has 2 saturated heterocycles. The number of nitrogens with one attached hydrogen (secondary N) is 1. The summed E-state index contributed by atoms with van der Waals surface area (Å²) in [5, 5.41) is 9.99. The van der Waals surface area contributed by atoms with Crippen molar-refractivity contribution in [3.63, 3.8) is 0 Å². The number of aliphatic carboxylic acids is 1. The Labute approximate surface area is 182 Å². The highest BCUT2D eigenvalue weighted by Crippen LogP contribution is 2.36. The summed E-state index contributed by atoms with van der Waals surface area (Å²) in [4.78, 5) is 39.5. The van der Waals surface area contributed by atoms with Crippen molar-refractivity contribution in [2.45, 2.75) is 12.6 Å². The maximum atomic E-state index is 12.7. The topological polar surface area (TPSA) is 118 Å². The number of alkyl halides is 3. The summed E-state index contributed by atoms with van der Waals surface area (Å²) in [7, 11) is 1.61. The van der Waals surface area contributed by atoms with Gasteiger partial charge in [0, 0.05) is 57.0 Å². The third-order valence-electron chi connectivity index (χ3n) is 5.29. The number of hydrogen-bond acceptors (Lipinski definition) is 6. The molecule has 1 aromatic rings. The van der Waals surface area contributed by atoms with Crippen molar-refractivity contribution in [1.82, 2.24) is 15.2 Å². The lowest BCUT2D eigenvalue weighted by Gasteiger charge is -2.32. The Kier molecular flexibility index (Phi) is 9.39. The van der Waals surface area contributed by atoms with Gasteiger partial charge in [-0.15, -0.1) is 0 Å². The number of amides is 2. The molecule has 0 unspecified atom stereocenters. The summed E-state index contributed by atoms with van der Waals surface area (Å²) in [6, 6.07) is 3.48. The van der Waals surface area contributed by atoms with Crippen molar-refractivity contribution in [1.29, 1.82) is 0 Å². The molecule has 0 spiro atoms. The van der Waals surface area contributed by atoms with Gasteiger partial charge in [0.05, 0.1) is 19.8 Å². The van der Waals surface area contributed by atoms with Crippen LogP contribution in [-0.4, -0.2) is 85.5 Å². The average Bonchev–Trinajstić information content (AvgIpc) is 3.19. The van der Waals surface area contributed by atoms with E-state index in [0.29, 0.717) is 63.3 Å². The number of hydrogen-bond donors (Lipinski definition) is 2. The zero-order chi connectivity index (χ0) is 23.7. The van der Waals surface area contributed by atoms with Gasteiger partial charge in [-0.05, 0) is 24.0 Å². The highest BCUT2D eigenvalue weighted by molar-refractivity contribution is 5.94. The Morgan fingerprint density at radius 3 is 2.50 bits per heavy atom. The molecule has 3 atom stereocenters. The largest absolute Gasteiger partial charge is 0.490 e. The highest BCUT2D eigenvalue weighted by Gasteiger charge is 2.43. The molecule has 0 saturated carbocycles. The molecule has 0 radical (unpaired) electrons. The summed E-state index contributed by atoms with van der Waals surface area (Å²) in [6.07, 6.45) is -1.39. The van der Waals surface area contributed by atoms with E-state index in [2.05, 4.69) is 10.3 Å². The maximum absolute atomic E-state index is 12.7. The number of carboxylic acids is 1. The second-order valence-corrected chi connectivity index (χ2v) is 7.52. The fourth-order valence-corrected chi connectivity index (χ4v) is 3.76. The van der Waals surface area contributed by atoms with Crippen LogP contribution in [0.4, 0.5) is 13.2 Å². The van der Waals surface area contributed by atoms with Gasteiger partial charge in [0.15, 0.2) is 0 Å². The Morgan fingerprint density at radius 1 is 1.25 bits per heavy atom. The van der Waals surface area contributed by atoms with Crippen LogP contribution in [0.15, 0.2) is 24.5 Å². The number of aromatic nitrogens is 1. The van der Waals surface area contributed by atoms with E-state index >= 15 is 0 Å². The minimum absolute atomic E-state index is 0.0187. The fraction of sp³-hybridized carbons (Fsp3) is 0.600. The van der Waals surface area contributed by atoms with E-state index in [1.54, 1.807) is 31.6 Å². The van der Waals surface area contributed by atoms with Crippen LogP contribution in [0.5, 0.6) is 0 Å². The number of carbonyl (C=O) groups excluding carboxylic acids is 2. The standard InChI is InChI=1S/C18H25N3O4.C2HF3O2/c1-24-7-6-20-17(22)8-14-11-25-12-15-9-21(10-16(14)15)18(23)13-2-4-19-5-3-13;3-2(4,5)1(6)7/h2-5,14-16H,6-12H2,1H3,(H,20,22);(H,6,7)/t14-,15-,16+;/m1./s1. The van der Waals surface area contributed by atoms with Gasteiger partial charge in [-0.3, -0.25) is 14.6 Å². The summed E-state index contributed by atoms with van der Waals surface area (Å²) in [5.41, 5.74) is 0.656. The van der Waals surface area contributed by atoms with Crippen molar-refractivity contribution < 1.29 is 42.1 Å². The predicted octanol–water partition coefficient (Wildman–Crippen LogP) is 1.20. The van der Waals surface area contributed by atoms with Crippen LogP contribution in [-0.2, 0) is 19.1 Å². The molecule has 2 amide bonds. The van der Waals surface area contributed by atoms with Crippen molar-refractivity contribution in [2.75, 3.05) is 46.6 Å². The first-order valence-corrected chi connectivity index (χ1v) is 9.96. The molecule has 2 N–H and O–H groups in total. The first-order chi connectivity index (χ1) is 15.1. The number of carboxylic acid groups (broad SMARTS) is 1. The van der Waals surface area contributed by atoms with E-state index in [9.17, 15) is 22.8 Å². The Morgan fingerprint density at radius 2 is 1.91 bits per heavy atom. The monoisotopic (exact) mass is 461 g/mol. The van der Waals surface area contributed by atoms with Crippen molar-refractivity contribution in [3.05, 3.63) is 30.1 Å². The first kappa shape index (κ1) is 25.5. The summed E-state index contributed by atoms with van der Waals surface area (Å²) >= 11 is 0. The lowest BCUT2D eigenvalue weighted by Crippen LogP contribution is -2.38. The highest BCUT2D eigenvalue weighted by atomic mass is 19.4. The minimum Gasteiger partial charge on any atom is -0.475 e. The second kappa shape index (κ2) is 11.8. The molecular formula is C20H26F3N3O6. The SMILES string of the molecule is COCCNC(=O)C[C@@H]1COC[C@H]2CN(C(=O)c3ccncc3)C[C@@H]12.O=C(O)C(F)(F)F. The Hall–Kier alpha value is -2.73. The molecule has 0 bridgehead atoms. The lowest BCUT2D eigenvalue weighted by atomic mass is 9.81. The number of pyridine rings is 1. The molecular weight excluding hydrogens is 435 g/mol. The molecule has 178 valence electrons. The maximum Gasteiger partial charge on any atom is 0.490 e. The predicted molar refractivity (Wildman–Crippen MR) is 105 cm³/mol. The molecule has 0 aliphatic carbocycles. The normalized spacial score (nSPS) is 22.4. The molecule has 3 heterocycles. The quantitative estimate of drug-likeness (QED) is 0.612. The van der Waals surface area contributed by atoms with Gasteiger partial charge in [0.2, 0.25) is 5.91 Å². The number of rotatable bonds is 6. The zero-order valence-corrected chi connectivity index (χ0v) is 17.5. The molecule has 2 fully saturated rings. The van der Waals surface area contributed by atoms with E-state index in [1.807, 2.05) is 4.90 Å². The number of fused-ring (bicyclic) bond motifs is 1. The van der Waals surface area contributed by atoms with Crippen LogP contribution in [0, 0.1) is 17.8 Å². The Balaban J connectivity index is 0.000000451. The fourth-order valence-electron chi connectivity index (χ4n) is 3.76. The van der Waals surface area contributed by atoms with Gasteiger partial charge in [-0.25, -0.2) is 4.79 Å². The van der Waals surface area contributed by atoms with E-state index in [-0.39, 0.29) is 17.7 Å². The zero-order valence-electron chi connectivity index (χ0n) is 17.5. The molecule has 3 rings (SSSR count). The van der Waals surface area contributed by atoms with Crippen molar-refractivity contribution in [2.24, 2.45) is 17.8 Å². The van der Waals surface area contributed by atoms with Gasteiger partial charge in [-0.1, -0.05) is 0 Å². The molecule has 12 heteroatoms. The van der Waals surface area contributed by atoms with Gasteiger partial charge in [0.1, 0.15) is 0 Å². The van der Waals surface area contributed by atoms with Crippen LogP contribution >= 0.6 is 0 Å². The summed E-state index contributed by atoms with van der Waals surface area (Å²) in [6.45, 7) is 3.64. The summed E-state index contributed by atoms with van der Waals surface area (Å²) in [5.74, 6) is -1.95. The third-order valence-corrected chi connectivity index (χ3v) is 5.29. The van der Waals surface area contributed by atoms with Gasteiger partial charge in [-0.2, -0.15) is 13.2 Å². The average molecular weight is 461 g/mol. The molecule has 2 aliphatic heterocycles. The van der Waals surface area contributed by atoms with Crippen LogP contribution in [0.2, 0.25) is 0 Å². The number of halogens is 3. The second-order valence-electron chi connectivity index (χ2n) is 7.52. The first-order valence-electron chi connectivity index (χ1n) is 9.96. The van der Waals surface area contributed by atoms with E-state index in [4.69, 9.17) is 19.4 Å². The van der Waals surface area contributed by atoms with E-state index in [1.165, 1.54) is 0 Å². The number of nitrogens with zero attached hydrogens (tertiary/aromatic N) is 2. The van der Waals surface area contributed by atoms with Crippen LogP contribution < -0.4 is 5.32 Å². The number of carbonyl (C=O) groups is 3. The van der Waals surface area contributed by atoms with Crippen LogP contribution in [0.1, 0.15) is 16.8 Å². The molecule has 9 nitrogen and oxygen atoms in total. The van der Waals surface area contributed by atoms with E-state index < -0.39 is 12.1 Å². The minimum atomic E-state index is -5.08. The molecule has 0 aromatic carbocycles. The molecule has 2 aliphatic rings. The lowest BCUT2D eigenvalue weighted by molar-refractivity contribution is -0.192. The van der Waals surface area contributed by atoms with Crippen molar-refractivity contribution in [3.8, 4) is 0 Å². The van der Waals surface area contributed by atoms with Gasteiger partial charge >= 0.3 is 12.1 Å². The molecule has 1 aromatic heterocycles. The smallest absolute Gasteiger partial charge is 0.475 e.